The maximum absolute atomic E-state index is 13.4. The van der Waals surface area contributed by atoms with Crippen molar-refractivity contribution in [3.05, 3.63) is 68.8 Å². The summed E-state index contributed by atoms with van der Waals surface area (Å²) in [5.74, 6) is -0.927. The normalized spacial score (nSPS) is 14.3. The van der Waals surface area contributed by atoms with E-state index in [9.17, 15) is 14.7 Å². The third-order valence-corrected chi connectivity index (χ3v) is 5.07. The SMILES string of the molecule is Cc1ccc(C2=C(N(C)CCO)C(=O)N(c3cc(Cl)cc(Cl)c3)C2=O)c(C)c1. The van der Waals surface area contributed by atoms with E-state index in [0.717, 1.165) is 16.0 Å². The molecule has 2 aromatic rings. The van der Waals surface area contributed by atoms with Crippen molar-refractivity contribution in [2.45, 2.75) is 13.8 Å². The van der Waals surface area contributed by atoms with E-state index in [-0.39, 0.29) is 18.8 Å². The third-order valence-electron chi connectivity index (χ3n) is 4.63. The van der Waals surface area contributed by atoms with Crippen LogP contribution in [-0.4, -0.2) is 42.0 Å². The van der Waals surface area contributed by atoms with Gasteiger partial charge in [0.25, 0.3) is 11.8 Å². The van der Waals surface area contributed by atoms with E-state index in [1.165, 1.54) is 18.2 Å². The minimum absolute atomic E-state index is 0.148. The van der Waals surface area contributed by atoms with E-state index in [0.29, 0.717) is 26.9 Å². The zero-order chi connectivity index (χ0) is 20.6. The van der Waals surface area contributed by atoms with Crippen LogP contribution in [0.1, 0.15) is 16.7 Å². The maximum Gasteiger partial charge on any atom is 0.282 e. The van der Waals surface area contributed by atoms with Gasteiger partial charge in [0.2, 0.25) is 0 Å². The van der Waals surface area contributed by atoms with Crippen molar-refractivity contribution in [3.63, 3.8) is 0 Å². The fraction of sp³-hybridized carbons (Fsp3) is 0.238. The van der Waals surface area contributed by atoms with Crippen LogP contribution in [0.4, 0.5) is 5.69 Å². The van der Waals surface area contributed by atoms with Gasteiger partial charge in [0, 0.05) is 23.6 Å². The average molecular weight is 419 g/mol. The molecule has 5 nitrogen and oxygen atoms in total. The molecule has 1 heterocycles. The van der Waals surface area contributed by atoms with Crippen LogP contribution in [0.25, 0.3) is 5.57 Å². The highest BCUT2D eigenvalue weighted by atomic mass is 35.5. The monoisotopic (exact) mass is 418 g/mol. The summed E-state index contributed by atoms with van der Waals surface area (Å²) in [6, 6.07) is 10.3. The average Bonchev–Trinajstić information content (AvgIpc) is 2.85. The van der Waals surface area contributed by atoms with E-state index in [2.05, 4.69) is 0 Å². The first-order valence-corrected chi connectivity index (χ1v) is 9.49. The summed E-state index contributed by atoms with van der Waals surface area (Å²) in [5.41, 5.74) is 3.47. The number of aliphatic hydroxyl groups is 1. The summed E-state index contributed by atoms with van der Waals surface area (Å²) in [4.78, 5) is 29.3. The van der Waals surface area contributed by atoms with Gasteiger partial charge >= 0.3 is 0 Å². The van der Waals surface area contributed by atoms with Gasteiger partial charge in [-0.3, -0.25) is 9.59 Å². The predicted octanol–water partition coefficient (Wildman–Crippen LogP) is 3.82. The second kappa shape index (κ2) is 7.95. The Morgan fingerprint density at radius 2 is 1.64 bits per heavy atom. The van der Waals surface area contributed by atoms with Gasteiger partial charge in [0.1, 0.15) is 5.70 Å². The zero-order valence-electron chi connectivity index (χ0n) is 15.8. The van der Waals surface area contributed by atoms with E-state index in [1.54, 1.807) is 11.9 Å². The van der Waals surface area contributed by atoms with Gasteiger partial charge in [-0.05, 0) is 43.2 Å². The Morgan fingerprint density at radius 3 is 2.21 bits per heavy atom. The number of halogens is 2. The molecule has 28 heavy (non-hydrogen) atoms. The van der Waals surface area contributed by atoms with Gasteiger partial charge in [-0.1, -0.05) is 47.0 Å². The summed E-state index contributed by atoms with van der Waals surface area (Å²) < 4.78 is 0. The highest BCUT2D eigenvalue weighted by Gasteiger charge is 2.42. The number of benzene rings is 2. The largest absolute Gasteiger partial charge is 0.395 e. The molecule has 1 aliphatic rings. The lowest BCUT2D eigenvalue weighted by Crippen LogP contribution is -2.34. The van der Waals surface area contributed by atoms with Gasteiger partial charge in [0.15, 0.2) is 0 Å². The fourth-order valence-corrected chi connectivity index (χ4v) is 3.89. The quantitative estimate of drug-likeness (QED) is 0.749. The Balaban J connectivity index is 2.19. The maximum atomic E-state index is 13.4. The summed E-state index contributed by atoms with van der Waals surface area (Å²) >= 11 is 12.2. The molecule has 1 aliphatic heterocycles. The van der Waals surface area contributed by atoms with E-state index >= 15 is 0 Å². The Hall–Kier alpha value is -2.34. The number of nitrogens with zero attached hydrogens (tertiary/aromatic N) is 2. The van der Waals surface area contributed by atoms with Crippen molar-refractivity contribution in [2.75, 3.05) is 25.1 Å². The molecule has 0 saturated carbocycles. The van der Waals surface area contributed by atoms with Crippen LogP contribution >= 0.6 is 23.2 Å². The fourth-order valence-electron chi connectivity index (χ4n) is 3.37. The number of rotatable bonds is 5. The highest BCUT2D eigenvalue weighted by molar-refractivity contribution is 6.46. The number of hydrogen-bond acceptors (Lipinski definition) is 4. The van der Waals surface area contributed by atoms with Crippen molar-refractivity contribution < 1.29 is 14.7 Å². The predicted molar refractivity (Wildman–Crippen MR) is 112 cm³/mol. The number of anilines is 1. The topological polar surface area (TPSA) is 60.9 Å². The van der Waals surface area contributed by atoms with Gasteiger partial charge in [-0.25, -0.2) is 4.90 Å². The molecule has 0 radical (unpaired) electrons. The number of carbonyl (C=O) groups is 2. The van der Waals surface area contributed by atoms with Gasteiger partial charge in [0.05, 0.1) is 17.9 Å². The van der Waals surface area contributed by atoms with Crippen LogP contribution in [0.5, 0.6) is 0 Å². The van der Waals surface area contributed by atoms with Crippen molar-refractivity contribution in [3.8, 4) is 0 Å². The van der Waals surface area contributed by atoms with Gasteiger partial charge in [-0.2, -0.15) is 0 Å². The second-order valence-corrected chi connectivity index (χ2v) is 7.63. The molecule has 0 spiro atoms. The Morgan fingerprint density at radius 1 is 1.00 bits per heavy atom. The molecule has 0 fully saturated rings. The molecular formula is C21H20Cl2N2O3. The Bertz CT molecular complexity index is 981. The third kappa shape index (κ3) is 3.65. The number of likely N-dealkylation sites (N-methyl/N-ethyl adjacent to an activating group) is 1. The molecule has 7 heteroatoms. The van der Waals surface area contributed by atoms with Crippen LogP contribution in [0, 0.1) is 13.8 Å². The lowest BCUT2D eigenvalue weighted by Gasteiger charge is -2.20. The molecule has 1 N–H and O–H groups in total. The van der Waals surface area contributed by atoms with Gasteiger partial charge < -0.3 is 10.0 Å². The first-order valence-electron chi connectivity index (χ1n) is 8.73. The van der Waals surface area contributed by atoms with Crippen molar-refractivity contribution in [2.24, 2.45) is 0 Å². The first-order chi connectivity index (χ1) is 13.2. The lowest BCUT2D eigenvalue weighted by atomic mass is 9.97. The first kappa shape index (κ1) is 20.4. The molecule has 0 aromatic heterocycles. The van der Waals surface area contributed by atoms with Crippen LogP contribution in [0.2, 0.25) is 10.0 Å². The van der Waals surface area contributed by atoms with E-state index in [1.807, 2.05) is 32.0 Å². The van der Waals surface area contributed by atoms with Crippen LogP contribution in [0.15, 0.2) is 42.1 Å². The molecule has 146 valence electrons. The minimum Gasteiger partial charge on any atom is -0.395 e. The molecular weight excluding hydrogens is 399 g/mol. The lowest BCUT2D eigenvalue weighted by molar-refractivity contribution is -0.120. The Labute approximate surface area is 173 Å². The molecule has 2 amide bonds. The summed E-state index contributed by atoms with van der Waals surface area (Å²) in [7, 11) is 1.68. The van der Waals surface area contributed by atoms with Crippen LogP contribution in [0.3, 0.4) is 0 Å². The standard InChI is InChI=1S/C21H20Cl2N2O3/c1-12-4-5-17(13(2)8-12)18-19(24(3)6-7-26)21(28)25(20(18)27)16-10-14(22)9-15(23)11-16/h4-5,8-11,26H,6-7H2,1-3H3. The molecule has 3 rings (SSSR count). The van der Waals surface area contributed by atoms with E-state index < -0.39 is 11.8 Å². The number of aliphatic hydroxyl groups excluding tert-OH is 1. The van der Waals surface area contributed by atoms with Gasteiger partial charge in [-0.15, -0.1) is 0 Å². The molecule has 0 unspecified atom stereocenters. The molecule has 2 aromatic carbocycles. The summed E-state index contributed by atoms with van der Waals surface area (Å²) in [5, 5.41) is 10.00. The van der Waals surface area contributed by atoms with Crippen LogP contribution in [-0.2, 0) is 9.59 Å². The molecule has 0 saturated heterocycles. The second-order valence-electron chi connectivity index (χ2n) is 6.76. The zero-order valence-corrected chi connectivity index (χ0v) is 17.3. The number of amides is 2. The summed E-state index contributed by atoms with van der Waals surface area (Å²) in [6.45, 7) is 3.93. The number of hydrogen-bond donors (Lipinski definition) is 1. The van der Waals surface area contributed by atoms with Crippen molar-refractivity contribution >= 4 is 46.3 Å². The summed E-state index contributed by atoms with van der Waals surface area (Å²) in [6.07, 6.45) is 0. The molecule has 0 aliphatic carbocycles. The smallest absolute Gasteiger partial charge is 0.282 e. The highest BCUT2D eigenvalue weighted by Crippen LogP contribution is 2.37. The number of imide groups is 1. The van der Waals surface area contributed by atoms with Crippen LogP contribution < -0.4 is 4.90 Å². The van der Waals surface area contributed by atoms with E-state index in [4.69, 9.17) is 23.2 Å². The molecule has 0 atom stereocenters. The number of carbonyl (C=O) groups excluding carboxylic acids is 2. The minimum atomic E-state index is -0.478. The molecule has 0 bridgehead atoms. The number of aryl methyl sites for hydroxylation is 2. The Kier molecular flexibility index (Phi) is 5.79. The van der Waals surface area contributed by atoms with Crippen molar-refractivity contribution in [1.82, 2.24) is 4.90 Å². The van der Waals surface area contributed by atoms with Crippen molar-refractivity contribution in [1.29, 1.82) is 0 Å².